The van der Waals surface area contributed by atoms with Gasteiger partial charge in [-0.3, -0.25) is 9.05 Å². The van der Waals surface area contributed by atoms with Crippen LogP contribution in [-0.4, -0.2) is 76.6 Å². The van der Waals surface area contributed by atoms with Gasteiger partial charge in [0.15, 0.2) is 0 Å². The average Bonchev–Trinajstić information content (AvgIpc) is 2.25. The van der Waals surface area contributed by atoms with Crippen molar-refractivity contribution in [1.29, 1.82) is 0 Å². The summed E-state index contributed by atoms with van der Waals surface area (Å²) in [5.74, 6) is 0. The second kappa shape index (κ2) is 6.05. The van der Waals surface area contributed by atoms with Crippen LogP contribution in [0.5, 0.6) is 0 Å². The van der Waals surface area contributed by atoms with Gasteiger partial charge in [-0.15, -0.1) is 0 Å². The van der Waals surface area contributed by atoms with Crippen LogP contribution >= 0.6 is 15.6 Å². The van der Waals surface area contributed by atoms with Gasteiger partial charge in [0.1, 0.15) is 36.6 Å². The highest BCUT2D eigenvalue weighted by molar-refractivity contribution is 7.46. The molecule has 0 heterocycles. The van der Waals surface area contributed by atoms with Crippen LogP contribution in [0.15, 0.2) is 0 Å². The van der Waals surface area contributed by atoms with Crippen LogP contribution in [0.4, 0.5) is 0 Å². The van der Waals surface area contributed by atoms with Gasteiger partial charge in [-0.25, -0.2) is 9.13 Å². The van der Waals surface area contributed by atoms with Gasteiger partial charge in [0, 0.05) is 0 Å². The van der Waals surface area contributed by atoms with E-state index in [0.717, 1.165) is 0 Å². The first-order valence-electron chi connectivity index (χ1n) is 5.03. The Morgan fingerprint density at radius 1 is 0.600 bits per heavy atom. The van der Waals surface area contributed by atoms with Crippen molar-refractivity contribution in [2.24, 2.45) is 0 Å². The summed E-state index contributed by atoms with van der Waals surface area (Å²) in [5, 5.41) is 37.8. The standard InChI is InChI=1S/C6H14O12P2/c7-1-2(8)4(10)6(18-20(14,15)16)5(3(1)9)17-19(11,12)13/h1-10H,(H2,11,12,13)(H2,14,15,16)/t1-,2+,3+,4-,5-,6-/m1/s1. The highest BCUT2D eigenvalue weighted by Crippen LogP contribution is 2.46. The molecule has 0 saturated heterocycles. The number of phosphoric ester groups is 2. The van der Waals surface area contributed by atoms with Crippen molar-refractivity contribution in [2.45, 2.75) is 36.6 Å². The molecule has 14 heteroatoms. The van der Waals surface area contributed by atoms with Gasteiger partial charge in [-0.05, 0) is 0 Å². The summed E-state index contributed by atoms with van der Waals surface area (Å²) in [6, 6.07) is 0. The molecule has 0 aliphatic heterocycles. The molecule has 1 aliphatic rings. The SMILES string of the molecule is O=P(O)(O)O[C@@H]1[C@H](O)[C@@H](O)[C@@H](O)[C@H](O)[C@H]1OP(=O)(O)O. The Morgan fingerprint density at radius 2 is 0.850 bits per heavy atom. The predicted octanol–water partition coefficient (Wildman–Crippen LogP) is -3.60. The minimum absolute atomic E-state index is 2.07. The molecule has 0 amide bonds. The molecular weight excluding hydrogens is 326 g/mol. The van der Waals surface area contributed by atoms with Gasteiger partial charge in [-0.2, -0.15) is 0 Å². The van der Waals surface area contributed by atoms with Crippen LogP contribution in [0.1, 0.15) is 0 Å². The van der Waals surface area contributed by atoms with Gasteiger partial charge in [0.05, 0.1) is 0 Å². The number of hydrogen-bond acceptors (Lipinski definition) is 8. The lowest BCUT2D eigenvalue weighted by Crippen LogP contribution is -2.64. The first-order valence-corrected chi connectivity index (χ1v) is 8.10. The lowest BCUT2D eigenvalue weighted by atomic mass is 9.85. The molecule has 0 radical (unpaired) electrons. The smallest absolute Gasteiger partial charge is 0.387 e. The molecule has 0 unspecified atom stereocenters. The molecule has 8 N–H and O–H groups in total. The third-order valence-electron chi connectivity index (χ3n) is 2.56. The molecule has 12 nitrogen and oxygen atoms in total. The molecule has 20 heavy (non-hydrogen) atoms. The number of phosphoric acid groups is 2. The van der Waals surface area contributed by atoms with Crippen LogP contribution in [0.2, 0.25) is 0 Å². The Hall–Kier alpha value is 0.0600. The molecule has 120 valence electrons. The largest absolute Gasteiger partial charge is 0.470 e. The highest BCUT2D eigenvalue weighted by atomic mass is 31.2. The van der Waals surface area contributed by atoms with Crippen LogP contribution in [0.25, 0.3) is 0 Å². The quantitative estimate of drug-likeness (QED) is 0.233. The number of aliphatic hydroxyl groups is 4. The second-order valence-electron chi connectivity index (χ2n) is 4.08. The van der Waals surface area contributed by atoms with Crippen molar-refractivity contribution < 1.29 is 58.2 Å². The summed E-state index contributed by atoms with van der Waals surface area (Å²) >= 11 is 0. The second-order valence-corrected chi connectivity index (χ2v) is 6.47. The minimum atomic E-state index is -5.24. The van der Waals surface area contributed by atoms with E-state index in [0.29, 0.717) is 0 Å². The van der Waals surface area contributed by atoms with E-state index in [9.17, 15) is 29.6 Å². The normalized spacial score (nSPS) is 39.8. The highest BCUT2D eigenvalue weighted by Gasteiger charge is 2.53. The maximum atomic E-state index is 10.7. The fourth-order valence-electron chi connectivity index (χ4n) is 1.74. The lowest BCUT2D eigenvalue weighted by Gasteiger charge is -2.42. The van der Waals surface area contributed by atoms with Crippen LogP contribution in [0.3, 0.4) is 0 Å². The van der Waals surface area contributed by atoms with E-state index in [1.807, 2.05) is 0 Å². The monoisotopic (exact) mass is 340 g/mol. The van der Waals surface area contributed by atoms with E-state index < -0.39 is 52.3 Å². The molecule has 0 aromatic rings. The Labute approximate surface area is 111 Å². The van der Waals surface area contributed by atoms with E-state index in [1.54, 1.807) is 0 Å². The van der Waals surface area contributed by atoms with Gasteiger partial charge in [0.2, 0.25) is 0 Å². The van der Waals surface area contributed by atoms with Crippen molar-refractivity contribution in [2.75, 3.05) is 0 Å². The van der Waals surface area contributed by atoms with E-state index in [2.05, 4.69) is 9.05 Å². The summed E-state index contributed by atoms with van der Waals surface area (Å²) in [5.41, 5.74) is 0. The van der Waals surface area contributed by atoms with Crippen molar-refractivity contribution in [3.05, 3.63) is 0 Å². The van der Waals surface area contributed by atoms with E-state index in [-0.39, 0.29) is 0 Å². The van der Waals surface area contributed by atoms with E-state index >= 15 is 0 Å². The molecular formula is C6H14O12P2. The van der Waals surface area contributed by atoms with Crippen molar-refractivity contribution in [3.8, 4) is 0 Å². The molecule has 1 aliphatic carbocycles. The summed E-state index contributed by atoms with van der Waals surface area (Å²) in [7, 11) is -10.5. The molecule has 0 bridgehead atoms. The van der Waals surface area contributed by atoms with Crippen LogP contribution in [-0.2, 0) is 18.2 Å². The van der Waals surface area contributed by atoms with Crippen molar-refractivity contribution in [3.63, 3.8) is 0 Å². The summed E-state index contributed by atoms with van der Waals surface area (Å²) < 4.78 is 29.6. The number of hydrogen-bond donors (Lipinski definition) is 8. The molecule has 6 atom stereocenters. The van der Waals surface area contributed by atoms with Gasteiger partial charge in [-0.1, -0.05) is 0 Å². The molecule has 0 spiro atoms. The Morgan fingerprint density at radius 3 is 1.05 bits per heavy atom. The Bertz CT molecular complexity index is 388. The zero-order valence-electron chi connectivity index (χ0n) is 9.57. The van der Waals surface area contributed by atoms with Gasteiger partial charge >= 0.3 is 15.6 Å². The van der Waals surface area contributed by atoms with Crippen LogP contribution in [0, 0.1) is 0 Å². The fraction of sp³-hybridized carbons (Fsp3) is 1.00. The van der Waals surface area contributed by atoms with Gasteiger partial charge in [0.25, 0.3) is 0 Å². The van der Waals surface area contributed by atoms with Crippen molar-refractivity contribution in [1.82, 2.24) is 0 Å². The van der Waals surface area contributed by atoms with Crippen molar-refractivity contribution >= 4 is 15.6 Å². The maximum absolute atomic E-state index is 10.7. The Kier molecular flexibility index (Phi) is 5.48. The lowest BCUT2D eigenvalue weighted by molar-refractivity contribution is -0.216. The number of aliphatic hydroxyl groups excluding tert-OH is 4. The summed E-state index contributed by atoms with van der Waals surface area (Å²) in [6.07, 6.45) is -12.8. The molecule has 1 rings (SSSR count). The molecule has 1 fully saturated rings. The predicted molar refractivity (Wildman–Crippen MR) is 57.9 cm³/mol. The van der Waals surface area contributed by atoms with E-state index in [1.165, 1.54) is 0 Å². The summed E-state index contributed by atoms with van der Waals surface area (Å²) in [4.78, 5) is 34.6. The van der Waals surface area contributed by atoms with E-state index in [4.69, 9.17) is 19.6 Å². The third kappa shape index (κ3) is 4.53. The average molecular weight is 340 g/mol. The number of rotatable bonds is 4. The zero-order valence-corrected chi connectivity index (χ0v) is 11.4. The topological polar surface area (TPSA) is 214 Å². The maximum Gasteiger partial charge on any atom is 0.470 e. The third-order valence-corrected chi connectivity index (χ3v) is 3.60. The minimum Gasteiger partial charge on any atom is -0.387 e. The Balaban J connectivity index is 3.09. The molecule has 1 saturated carbocycles. The first-order chi connectivity index (χ1) is 8.83. The molecule has 0 aromatic carbocycles. The van der Waals surface area contributed by atoms with Gasteiger partial charge < -0.3 is 40.0 Å². The van der Waals surface area contributed by atoms with Crippen LogP contribution < -0.4 is 0 Å². The molecule has 0 aromatic heterocycles. The first kappa shape index (κ1) is 18.1. The summed E-state index contributed by atoms with van der Waals surface area (Å²) in [6.45, 7) is 0. The fourth-order valence-corrected chi connectivity index (χ4v) is 2.87. The zero-order chi connectivity index (χ0) is 15.9.